The molecule has 0 saturated carbocycles. The van der Waals surface area contributed by atoms with E-state index in [2.05, 4.69) is 12.2 Å². The number of amides is 1. The van der Waals surface area contributed by atoms with Crippen LogP contribution in [-0.4, -0.2) is 24.6 Å². The Labute approximate surface area is 177 Å². The van der Waals surface area contributed by atoms with Gasteiger partial charge >= 0.3 is 5.97 Å². The van der Waals surface area contributed by atoms with Gasteiger partial charge in [-0.1, -0.05) is 37.8 Å². The number of carbonyl (C=O) groups excluding carboxylic acids is 2. The van der Waals surface area contributed by atoms with Crippen LogP contribution in [0, 0.1) is 6.92 Å². The van der Waals surface area contributed by atoms with Crippen LogP contribution in [-0.2, 0) is 9.53 Å². The molecule has 0 aliphatic heterocycles. The van der Waals surface area contributed by atoms with Crippen LogP contribution in [0.4, 0.5) is 5.69 Å². The highest BCUT2D eigenvalue weighted by molar-refractivity contribution is 6.31. The van der Waals surface area contributed by atoms with Crippen LogP contribution in [0.25, 0.3) is 0 Å². The van der Waals surface area contributed by atoms with Crippen molar-refractivity contribution in [1.82, 2.24) is 0 Å². The summed E-state index contributed by atoms with van der Waals surface area (Å²) in [4.78, 5) is 24.4. The number of benzene rings is 2. The molecule has 0 aromatic heterocycles. The Hall–Kier alpha value is -2.53. The second kappa shape index (κ2) is 11.5. The lowest BCUT2D eigenvalue weighted by atomic mass is 10.2. The summed E-state index contributed by atoms with van der Waals surface area (Å²) in [6, 6.07) is 11.9. The van der Waals surface area contributed by atoms with Crippen LogP contribution >= 0.6 is 11.6 Å². The van der Waals surface area contributed by atoms with Crippen molar-refractivity contribution in [2.45, 2.75) is 52.6 Å². The lowest BCUT2D eigenvalue weighted by molar-refractivity contribution is -0.122. The highest BCUT2D eigenvalue weighted by Crippen LogP contribution is 2.22. The van der Waals surface area contributed by atoms with Crippen LogP contribution in [0.2, 0.25) is 5.02 Å². The Bertz CT molecular complexity index is 820. The first-order valence-electron chi connectivity index (χ1n) is 9.91. The van der Waals surface area contributed by atoms with Gasteiger partial charge in [-0.15, -0.1) is 0 Å². The number of unbranched alkanes of at least 4 members (excludes halogenated alkanes) is 3. The smallest absolute Gasteiger partial charge is 0.338 e. The molecule has 0 aliphatic carbocycles. The van der Waals surface area contributed by atoms with Crippen molar-refractivity contribution in [2.75, 3.05) is 11.9 Å². The predicted octanol–water partition coefficient (Wildman–Crippen LogP) is 5.79. The molecule has 6 heteroatoms. The lowest BCUT2D eigenvalue weighted by Crippen LogP contribution is -2.30. The zero-order chi connectivity index (χ0) is 21.2. The fourth-order valence-electron chi connectivity index (χ4n) is 2.66. The lowest BCUT2D eigenvalue weighted by Gasteiger charge is -2.15. The quantitative estimate of drug-likeness (QED) is 0.392. The fourth-order valence-corrected chi connectivity index (χ4v) is 2.78. The SMILES string of the molecule is CCCCCCOC(=O)c1ccc(NC(=O)C(C)Oc2ccc(Cl)c(C)c2)cc1. The van der Waals surface area contributed by atoms with E-state index in [9.17, 15) is 9.59 Å². The highest BCUT2D eigenvalue weighted by atomic mass is 35.5. The summed E-state index contributed by atoms with van der Waals surface area (Å²) in [5, 5.41) is 3.43. The number of aryl methyl sites for hydroxylation is 1. The molecule has 1 amide bonds. The van der Waals surface area contributed by atoms with Crippen molar-refractivity contribution >= 4 is 29.2 Å². The molecule has 29 heavy (non-hydrogen) atoms. The van der Waals surface area contributed by atoms with E-state index in [1.54, 1.807) is 49.4 Å². The van der Waals surface area contributed by atoms with E-state index in [1.165, 1.54) is 0 Å². The molecule has 5 nitrogen and oxygen atoms in total. The van der Waals surface area contributed by atoms with Crippen LogP contribution in [0.1, 0.15) is 55.5 Å². The number of hydrogen-bond donors (Lipinski definition) is 1. The molecule has 1 N–H and O–H groups in total. The Morgan fingerprint density at radius 2 is 1.79 bits per heavy atom. The zero-order valence-corrected chi connectivity index (χ0v) is 17.9. The largest absolute Gasteiger partial charge is 0.481 e. The van der Waals surface area contributed by atoms with E-state index < -0.39 is 6.10 Å². The van der Waals surface area contributed by atoms with Crippen molar-refractivity contribution in [2.24, 2.45) is 0 Å². The molecule has 156 valence electrons. The van der Waals surface area contributed by atoms with Gasteiger partial charge in [-0.25, -0.2) is 4.79 Å². The summed E-state index contributed by atoms with van der Waals surface area (Å²) in [6.45, 7) is 6.11. The number of nitrogens with one attached hydrogen (secondary N) is 1. The maximum Gasteiger partial charge on any atom is 0.338 e. The van der Waals surface area contributed by atoms with Gasteiger partial charge in [0.05, 0.1) is 12.2 Å². The van der Waals surface area contributed by atoms with Gasteiger partial charge in [0, 0.05) is 10.7 Å². The maximum absolute atomic E-state index is 12.4. The Kier molecular flexibility index (Phi) is 9.00. The van der Waals surface area contributed by atoms with E-state index >= 15 is 0 Å². The molecule has 0 fully saturated rings. The second-order valence-electron chi connectivity index (χ2n) is 6.93. The molecule has 0 heterocycles. The molecule has 1 unspecified atom stereocenters. The van der Waals surface area contributed by atoms with Crippen molar-refractivity contribution in [1.29, 1.82) is 0 Å². The van der Waals surface area contributed by atoms with Crippen molar-refractivity contribution in [3.63, 3.8) is 0 Å². The van der Waals surface area contributed by atoms with Crippen molar-refractivity contribution in [3.8, 4) is 5.75 Å². The molecular weight excluding hydrogens is 390 g/mol. The molecule has 2 aromatic rings. The number of halogens is 1. The summed E-state index contributed by atoms with van der Waals surface area (Å²) in [7, 11) is 0. The minimum absolute atomic E-state index is 0.288. The van der Waals surface area contributed by atoms with Crippen LogP contribution in [0.5, 0.6) is 5.75 Å². The first-order chi connectivity index (χ1) is 13.9. The van der Waals surface area contributed by atoms with E-state index in [4.69, 9.17) is 21.1 Å². The van der Waals surface area contributed by atoms with Crippen LogP contribution < -0.4 is 10.1 Å². The van der Waals surface area contributed by atoms with Gasteiger partial charge in [-0.05, 0) is 68.3 Å². The average molecular weight is 418 g/mol. The van der Waals surface area contributed by atoms with Gasteiger partial charge in [-0.3, -0.25) is 4.79 Å². The molecule has 2 aromatic carbocycles. The standard InChI is InChI=1S/C23H28ClNO4/c1-4-5-6-7-14-28-23(27)18-8-10-19(11-9-18)25-22(26)17(3)29-20-12-13-21(24)16(2)15-20/h8-13,15,17H,4-7,14H2,1-3H3,(H,25,26). The third-order valence-corrected chi connectivity index (χ3v) is 4.85. The van der Waals surface area contributed by atoms with E-state index in [1.807, 2.05) is 6.92 Å². The summed E-state index contributed by atoms with van der Waals surface area (Å²) in [5.41, 5.74) is 1.92. The third kappa shape index (κ3) is 7.42. The van der Waals surface area contributed by atoms with Gasteiger partial charge in [0.25, 0.3) is 5.91 Å². The number of hydrogen-bond acceptors (Lipinski definition) is 4. The second-order valence-corrected chi connectivity index (χ2v) is 7.34. The number of carbonyl (C=O) groups is 2. The van der Waals surface area contributed by atoms with Crippen LogP contribution in [0.3, 0.4) is 0 Å². The Balaban J connectivity index is 1.83. The summed E-state index contributed by atoms with van der Waals surface area (Å²) >= 11 is 6.00. The monoisotopic (exact) mass is 417 g/mol. The summed E-state index contributed by atoms with van der Waals surface area (Å²) < 4.78 is 10.9. The fraction of sp³-hybridized carbons (Fsp3) is 0.391. The predicted molar refractivity (Wildman–Crippen MR) is 116 cm³/mol. The number of anilines is 1. The molecule has 0 spiro atoms. The molecule has 0 bridgehead atoms. The van der Waals surface area contributed by atoms with E-state index in [0.717, 1.165) is 31.2 Å². The maximum atomic E-state index is 12.4. The normalized spacial score (nSPS) is 11.6. The van der Waals surface area contributed by atoms with E-state index in [0.29, 0.717) is 28.6 Å². The van der Waals surface area contributed by atoms with E-state index in [-0.39, 0.29) is 11.9 Å². The van der Waals surface area contributed by atoms with Gasteiger partial charge in [-0.2, -0.15) is 0 Å². The Morgan fingerprint density at radius 1 is 1.07 bits per heavy atom. The molecule has 0 aliphatic rings. The third-order valence-electron chi connectivity index (χ3n) is 4.43. The summed E-state index contributed by atoms with van der Waals surface area (Å²) in [5.74, 6) is -0.0652. The topological polar surface area (TPSA) is 64.6 Å². The first kappa shape index (κ1) is 22.8. The molecule has 1 atom stereocenters. The average Bonchev–Trinajstić information content (AvgIpc) is 2.71. The first-order valence-corrected chi connectivity index (χ1v) is 10.3. The van der Waals surface area contributed by atoms with Gasteiger partial charge in [0.15, 0.2) is 6.10 Å². The summed E-state index contributed by atoms with van der Waals surface area (Å²) in [6.07, 6.45) is 3.53. The Morgan fingerprint density at radius 3 is 2.45 bits per heavy atom. The number of esters is 1. The van der Waals surface area contributed by atoms with Crippen LogP contribution in [0.15, 0.2) is 42.5 Å². The zero-order valence-electron chi connectivity index (χ0n) is 17.2. The molecule has 0 saturated heterocycles. The minimum atomic E-state index is -0.691. The molecular formula is C23H28ClNO4. The van der Waals surface area contributed by atoms with Gasteiger partial charge < -0.3 is 14.8 Å². The van der Waals surface area contributed by atoms with Crippen molar-refractivity contribution < 1.29 is 19.1 Å². The highest BCUT2D eigenvalue weighted by Gasteiger charge is 2.16. The van der Waals surface area contributed by atoms with Crippen molar-refractivity contribution in [3.05, 3.63) is 58.6 Å². The number of ether oxygens (including phenoxy) is 2. The van der Waals surface area contributed by atoms with Gasteiger partial charge in [0.2, 0.25) is 0 Å². The molecule has 0 radical (unpaired) electrons. The minimum Gasteiger partial charge on any atom is -0.481 e. The molecule has 2 rings (SSSR count). The van der Waals surface area contributed by atoms with Gasteiger partial charge in [0.1, 0.15) is 5.75 Å². The number of rotatable bonds is 10.